The Morgan fingerprint density at radius 2 is 1.74 bits per heavy atom. The summed E-state index contributed by atoms with van der Waals surface area (Å²) in [5, 5.41) is 2.81. The minimum absolute atomic E-state index is 0.000310. The Morgan fingerprint density at radius 3 is 2.42 bits per heavy atom. The lowest BCUT2D eigenvalue weighted by molar-refractivity contribution is -0.121. The number of nitrogens with one attached hydrogen (secondary N) is 1. The van der Waals surface area contributed by atoms with Crippen LogP contribution in [-0.2, 0) is 14.8 Å². The fourth-order valence-corrected chi connectivity index (χ4v) is 4.29. The van der Waals surface area contributed by atoms with Crippen LogP contribution < -0.4 is 24.3 Å². The van der Waals surface area contributed by atoms with Gasteiger partial charge in [0, 0.05) is 13.1 Å². The summed E-state index contributed by atoms with van der Waals surface area (Å²) in [5.41, 5.74) is 0.822. The number of ether oxygens (including phenoxy) is 4. The molecule has 0 aliphatic carbocycles. The third kappa shape index (κ3) is 5.02. The summed E-state index contributed by atoms with van der Waals surface area (Å²) >= 11 is 0. The average molecular weight is 451 g/mol. The first-order chi connectivity index (χ1) is 14.8. The number of benzene rings is 2. The molecule has 0 saturated heterocycles. The molecule has 2 aromatic rings. The molecule has 1 aliphatic rings. The molecule has 0 saturated carbocycles. The Kier molecular flexibility index (Phi) is 6.91. The second-order valence-corrected chi connectivity index (χ2v) is 9.02. The van der Waals surface area contributed by atoms with Crippen LogP contribution in [0.3, 0.4) is 0 Å². The van der Waals surface area contributed by atoms with Crippen molar-refractivity contribution < 1.29 is 32.2 Å². The maximum absolute atomic E-state index is 12.9. The van der Waals surface area contributed by atoms with Crippen LogP contribution in [0.5, 0.6) is 23.0 Å². The van der Waals surface area contributed by atoms with E-state index < -0.39 is 15.9 Å². The smallest absolute Gasteiger partial charge is 0.243 e. The van der Waals surface area contributed by atoms with E-state index in [1.54, 1.807) is 6.07 Å². The minimum atomic E-state index is -3.90. The Labute approximate surface area is 181 Å². The van der Waals surface area contributed by atoms with E-state index in [9.17, 15) is 13.2 Å². The molecule has 9 nitrogen and oxygen atoms in total. The van der Waals surface area contributed by atoms with Crippen molar-refractivity contribution in [1.82, 2.24) is 9.62 Å². The standard InChI is InChI=1S/C21H26N2O7S/c1-14(15-5-7-18-20(11-15)30-10-9-29-18)22-21(24)13-23(2)31(25,26)16-6-8-17(27-3)19(12-16)28-4/h5-8,11-12,14H,9-10,13H2,1-4H3,(H,22,24)/t14-/m0/s1. The zero-order chi connectivity index (χ0) is 22.6. The molecule has 1 heterocycles. The number of sulfonamides is 1. The summed E-state index contributed by atoms with van der Waals surface area (Å²) in [7, 11) is 0.329. The van der Waals surface area contributed by atoms with E-state index >= 15 is 0 Å². The summed E-state index contributed by atoms with van der Waals surface area (Å²) < 4.78 is 48.1. The quantitative estimate of drug-likeness (QED) is 0.656. The number of methoxy groups -OCH3 is 2. The van der Waals surface area contributed by atoms with E-state index in [0.29, 0.717) is 30.5 Å². The largest absolute Gasteiger partial charge is 0.493 e. The van der Waals surface area contributed by atoms with Gasteiger partial charge in [-0.2, -0.15) is 4.31 Å². The number of amides is 1. The van der Waals surface area contributed by atoms with Crippen molar-refractivity contribution in [3.05, 3.63) is 42.0 Å². The van der Waals surface area contributed by atoms with Crippen LogP contribution in [-0.4, -0.2) is 59.7 Å². The zero-order valence-electron chi connectivity index (χ0n) is 17.9. The van der Waals surface area contributed by atoms with Crippen LogP contribution in [0.4, 0.5) is 0 Å². The van der Waals surface area contributed by atoms with Crippen molar-refractivity contribution in [3.8, 4) is 23.0 Å². The first-order valence-corrected chi connectivity index (χ1v) is 11.1. The molecule has 0 unspecified atom stereocenters. The maximum Gasteiger partial charge on any atom is 0.243 e. The third-order valence-corrected chi connectivity index (χ3v) is 6.67. The summed E-state index contributed by atoms with van der Waals surface area (Å²) in [6.07, 6.45) is 0. The van der Waals surface area contributed by atoms with Crippen molar-refractivity contribution in [2.24, 2.45) is 0 Å². The van der Waals surface area contributed by atoms with Crippen molar-refractivity contribution in [1.29, 1.82) is 0 Å². The Balaban J connectivity index is 1.67. The molecule has 1 amide bonds. The molecule has 31 heavy (non-hydrogen) atoms. The van der Waals surface area contributed by atoms with Gasteiger partial charge >= 0.3 is 0 Å². The van der Waals surface area contributed by atoms with E-state index in [1.165, 1.54) is 39.5 Å². The number of nitrogens with zero attached hydrogens (tertiary/aromatic N) is 1. The molecule has 3 rings (SSSR count). The topological polar surface area (TPSA) is 103 Å². The summed E-state index contributed by atoms with van der Waals surface area (Å²) in [6, 6.07) is 9.36. The van der Waals surface area contributed by atoms with Gasteiger partial charge in [0.05, 0.1) is 31.7 Å². The lowest BCUT2D eigenvalue weighted by Crippen LogP contribution is -2.39. The molecule has 1 atom stereocenters. The molecular formula is C21H26N2O7S. The van der Waals surface area contributed by atoms with E-state index in [0.717, 1.165) is 9.87 Å². The maximum atomic E-state index is 12.9. The number of hydrogen-bond acceptors (Lipinski definition) is 7. The van der Waals surface area contributed by atoms with Crippen molar-refractivity contribution in [2.75, 3.05) is 41.0 Å². The van der Waals surface area contributed by atoms with E-state index in [1.807, 2.05) is 19.1 Å². The number of carbonyl (C=O) groups is 1. The summed E-state index contributed by atoms with van der Waals surface area (Å²) in [5.74, 6) is 1.55. The molecule has 0 fully saturated rings. The number of fused-ring (bicyclic) bond motifs is 1. The average Bonchev–Trinajstić information content (AvgIpc) is 2.77. The van der Waals surface area contributed by atoms with E-state index in [4.69, 9.17) is 18.9 Å². The molecule has 0 radical (unpaired) electrons. The van der Waals surface area contributed by atoms with Gasteiger partial charge in [-0.15, -0.1) is 0 Å². The lowest BCUT2D eigenvalue weighted by atomic mass is 10.1. The van der Waals surface area contributed by atoms with Crippen molar-refractivity contribution in [3.63, 3.8) is 0 Å². The Bertz CT molecular complexity index is 1060. The van der Waals surface area contributed by atoms with Gasteiger partial charge in [-0.05, 0) is 36.8 Å². The fraction of sp³-hybridized carbons (Fsp3) is 0.381. The number of carbonyl (C=O) groups excluding carboxylic acids is 1. The first kappa shape index (κ1) is 22.7. The van der Waals surface area contributed by atoms with Gasteiger partial charge in [-0.3, -0.25) is 4.79 Å². The predicted molar refractivity (Wildman–Crippen MR) is 113 cm³/mol. The second kappa shape index (κ2) is 9.44. The van der Waals surface area contributed by atoms with Gasteiger partial charge in [-0.1, -0.05) is 6.07 Å². The molecule has 0 aromatic heterocycles. The van der Waals surface area contributed by atoms with Crippen LogP contribution in [0.15, 0.2) is 41.3 Å². The number of hydrogen-bond donors (Lipinski definition) is 1. The molecule has 168 valence electrons. The van der Waals surface area contributed by atoms with Crippen LogP contribution in [0.25, 0.3) is 0 Å². The van der Waals surface area contributed by atoms with Crippen LogP contribution in [0, 0.1) is 0 Å². The lowest BCUT2D eigenvalue weighted by Gasteiger charge is -2.22. The third-order valence-electron chi connectivity index (χ3n) is 4.87. The van der Waals surface area contributed by atoms with Crippen LogP contribution >= 0.6 is 0 Å². The number of likely N-dealkylation sites (N-methyl/N-ethyl adjacent to an activating group) is 1. The highest BCUT2D eigenvalue weighted by Crippen LogP contribution is 2.33. The van der Waals surface area contributed by atoms with Gasteiger partial charge < -0.3 is 24.3 Å². The van der Waals surface area contributed by atoms with Crippen molar-refractivity contribution >= 4 is 15.9 Å². The van der Waals surface area contributed by atoms with Crippen molar-refractivity contribution in [2.45, 2.75) is 17.9 Å². The van der Waals surface area contributed by atoms with E-state index in [2.05, 4.69) is 5.32 Å². The molecule has 2 aromatic carbocycles. The highest BCUT2D eigenvalue weighted by atomic mass is 32.2. The summed E-state index contributed by atoms with van der Waals surface area (Å²) in [6.45, 7) is 2.44. The second-order valence-electron chi connectivity index (χ2n) is 6.97. The highest BCUT2D eigenvalue weighted by Gasteiger charge is 2.25. The first-order valence-electron chi connectivity index (χ1n) is 9.63. The monoisotopic (exact) mass is 450 g/mol. The molecule has 1 N–H and O–H groups in total. The zero-order valence-corrected chi connectivity index (χ0v) is 18.7. The Hall–Kier alpha value is -2.98. The molecule has 0 spiro atoms. The van der Waals surface area contributed by atoms with E-state index in [-0.39, 0.29) is 23.2 Å². The summed E-state index contributed by atoms with van der Waals surface area (Å²) in [4.78, 5) is 12.5. The predicted octanol–water partition coefficient (Wildman–Crippen LogP) is 1.97. The molecule has 1 aliphatic heterocycles. The minimum Gasteiger partial charge on any atom is -0.493 e. The SMILES string of the molecule is COc1ccc(S(=O)(=O)N(C)CC(=O)N[C@@H](C)c2ccc3c(c2)OCCO3)cc1OC. The van der Waals surface area contributed by atoms with Crippen LogP contribution in [0.1, 0.15) is 18.5 Å². The van der Waals surface area contributed by atoms with Gasteiger partial charge in [0.25, 0.3) is 0 Å². The van der Waals surface area contributed by atoms with Gasteiger partial charge in [-0.25, -0.2) is 8.42 Å². The van der Waals surface area contributed by atoms with Gasteiger partial charge in [0.2, 0.25) is 15.9 Å². The highest BCUT2D eigenvalue weighted by molar-refractivity contribution is 7.89. The normalized spacial score (nSPS) is 14.1. The number of rotatable bonds is 8. The van der Waals surface area contributed by atoms with Gasteiger partial charge in [0.15, 0.2) is 23.0 Å². The van der Waals surface area contributed by atoms with Crippen LogP contribution in [0.2, 0.25) is 0 Å². The molecule has 10 heteroatoms. The fourth-order valence-electron chi connectivity index (χ4n) is 3.14. The van der Waals surface area contributed by atoms with Gasteiger partial charge in [0.1, 0.15) is 13.2 Å². The Morgan fingerprint density at radius 1 is 1.06 bits per heavy atom. The molecule has 0 bridgehead atoms. The molecular weight excluding hydrogens is 424 g/mol.